The summed E-state index contributed by atoms with van der Waals surface area (Å²) < 4.78 is 11.4. The summed E-state index contributed by atoms with van der Waals surface area (Å²) in [6, 6.07) is 12.0. The second-order valence-electron chi connectivity index (χ2n) is 4.85. The van der Waals surface area contributed by atoms with Gasteiger partial charge in [0, 0.05) is 5.56 Å². The van der Waals surface area contributed by atoms with Crippen molar-refractivity contribution in [3.63, 3.8) is 0 Å². The number of benzene rings is 2. The summed E-state index contributed by atoms with van der Waals surface area (Å²) in [6.07, 6.45) is 0.598. The zero-order valence-corrected chi connectivity index (χ0v) is 14.8. The Kier molecular flexibility index (Phi) is 6.20. The maximum atomic E-state index is 12.0. The molecule has 0 aliphatic carbocycles. The molecule has 2 aromatic carbocycles. The number of methoxy groups -OCH3 is 1. The van der Waals surface area contributed by atoms with Crippen molar-refractivity contribution in [1.29, 1.82) is 0 Å². The number of carbonyl (C=O) groups is 1. The molecule has 0 heterocycles. The van der Waals surface area contributed by atoms with E-state index in [1.807, 2.05) is 18.2 Å². The molecule has 0 fully saturated rings. The number of phenolic OH excluding ortho intramolecular Hbond substituents is 1. The molecule has 0 radical (unpaired) electrons. The van der Waals surface area contributed by atoms with Gasteiger partial charge >= 0.3 is 0 Å². The van der Waals surface area contributed by atoms with Crippen molar-refractivity contribution in [2.75, 3.05) is 7.11 Å². The van der Waals surface area contributed by atoms with E-state index < -0.39 is 12.0 Å². The number of hydrazone groups is 1. The lowest BCUT2D eigenvalue weighted by Gasteiger charge is -2.13. The van der Waals surface area contributed by atoms with E-state index in [0.29, 0.717) is 17.1 Å². The van der Waals surface area contributed by atoms with E-state index in [2.05, 4.69) is 26.5 Å². The van der Waals surface area contributed by atoms with Gasteiger partial charge in [-0.25, -0.2) is 5.43 Å². The molecule has 2 aromatic rings. The molecule has 7 heteroatoms. The molecule has 0 saturated carbocycles. The monoisotopic (exact) mass is 392 g/mol. The lowest BCUT2D eigenvalue weighted by atomic mass is 10.2. The van der Waals surface area contributed by atoms with Crippen LogP contribution in [0.2, 0.25) is 0 Å². The van der Waals surface area contributed by atoms with Crippen LogP contribution >= 0.6 is 15.9 Å². The first kappa shape index (κ1) is 17.8. The minimum absolute atomic E-state index is 0.0336. The Morgan fingerprint density at radius 3 is 2.79 bits per heavy atom. The minimum atomic E-state index is -0.736. The second-order valence-corrected chi connectivity index (χ2v) is 5.70. The van der Waals surface area contributed by atoms with Gasteiger partial charge in [0.05, 0.1) is 17.8 Å². The first-order chi connectivity index (χ1) is 11.5. The number of aromatic hydroxyl groups is 1. The summed E-state index contributed by atoms with van der Waals surface area (Å²) in [4.78, 5) is 12.0. The molecule has 0 aliphatic rings. The van der Waals surface area contributed by atoms with Gasteiger partial charge in [-0.05, 0) is 53.2 Å². The predicted molar refractivity (Wildman–Crippen MR) is 94.6 cm³/mol. The highest BCUT2D eigenvalue weighted by Crippen LogP contribution is 2.25. The fourth-order valence-electron chi connectivity index (χ4n) is 1.80. The SMILES string of the molecule is COc1ccc(O)c(/C=N\NC(=O)[C@H](C)Oc2ccccc2Br)c1. The smallest absolute Gasteiger partial charge is 0.280 e. The number of hydrogen-bond acceptors (Lipinski definition) is 5. The molecule has 0 spiro atoms. The summed E-state index contributed by atoms with van der Waals surface area (Å²) in [7, 11) is 1.52. The molecule has 1 atom stereocenters. The molecule has 126 valence electrons. The average Bonchev–Trinajstić information content (AvgIpc) is 2.58. The summed E-state index contributed by atoms with van der Waals surface area (Å²) in [5.41, 5.74) is 2.80. The third kappa shape index (κ3) is 4.73. The molecule has 6 nitrogen and oxygen atoms in total. The highest BCUT2D eigenvalue weighted by molar-refractivity contribution is 9.10. The second kappa shape index (κ2) is 8.35. The van der Waals surface area contributed by atoms with Crippen molar-refractivity contribution >= 4 is 28.1 Å². The van der Waals surface area contributed by atoms with Crippen LogP contribution in [0.15, 0.2) is 52.0 Å². The zero-order valence-electron chi connectivity index (χ0n) is 13.2. The van der Waals surface area contributed by atoms with Gasteiger partial charge in [-0.3, -0.25) is 4.79 Å². The van der Waals surface area contributed by atoms with Crippen LogP contribution in [-0.2, 0) is 4.79 Å². The maximum absolute atomic E-state index is 12.0. The van der Waals surface area contributed by atoms with Crippen molar-refractivity contribution in [2.45, 2.75) is 13.0 Å². The Morgan fingerprint density at radius 2 is 2.08 bits per heavy atom. The van der Waals surface area contributed by atoms with Crippen molar-refractivity contribution in [3.8, 4) is 17.2 Å². The number of para-hydroxylation sites is 1. The maximum Gasteiger partial charge on any atom is 0.280 e. The number of rotatable bonds is 6. The van der Waals surface area contributed by atoms with Crippen LogP contribution in [0.5, 0.6) is 17.2 Å². The average molecular weight is 393 g/mol. The number of carbonyl (C=O) groups excluding carboxylic acids is 1. The number of nitrogens with zero attached hydrogens (tertiary/aromatic N) is 1. The Labute approximate surface area is 148 Å². The van der Waals surface area contributed by atoms with Gasteiger partial charge in [-0.2, -0.15) is 5.10 Å². The summed E-state index contributed by atoms with van der Waals surface area (Å²) in [5.74, 6) is 0.761. The highest BCUT2D eigenvalue weighted by Gasteiger charge is 2.15. The number of nitrogens with one attached hydrogen (secondary N) is 1. The molecule has 0 bridgehead atoms. The lowest BCUT2D eigenvalue weighted by molar-refractivity contribution is -0.127. The van der Waals surface area contributed by atoms with Crippen LogP contribution in [0.3, 0.4) is 0 Å². The molecule has 2 rings (SSSR count). The first-order valence-corrected chi connectivity index (χ1v) is 7.91. The predicted octanol–water partition coefficient (Wildman–Crippen LogP) is 3.08. The van der Waals surface area contributed by atoms with Gasteiger partial charge in [0.2, 0.25) is 0 Å². The van der Waals surface area contributed by atoms with Gasteiger partial charge in [0.1, 0.15) is 17.2 Å². The molecule has 0 saturated heterocycles. The van der Waals surface area contributed by atoms with Gasteiger partial charge in [0.25, 0.3) is 5.91 Å². The number of halogens is 1. The fourth-order valence-corrected chi connectivity index (χ4v) is 2.18. The third-order valence-electron chi connectivity index (χ3n) is 3.12. The number of phenols is 1. The quantitative estimate of drug-likeness (QED) is 0.584. The standard InChI is InChI=1S/C17H17BrN2O4/c1-11(24-16-6-4-3-5-14(16)18)17(22)20-19-10-12-9-13(23-2)7-8-15(12)21/h3-11,21H,1-2H3,(H,20,22)/b19-10-/t11-/m0/s1. The molecule has 0 aliphatic heterocycles. The first-order valence-electron chi connectivity index (χ1n) is 7.12. The summed E-state index contributed by atoms with van der Waals surface area (Å²) >= 11 is 3.35. The summed E-state index contributed by atoms with van der Waals surface area (Å²) in [5, 5.41) is 13.6. The van der Waals surface area contributed by atoms with E-state index >= 15 is 0 Å². The molecule has 1 amide bonds. The Hall–Kier alpha value is -2.54. The molecular formula is C17H17BrN2O4. The van der Waals surface area contributed by atoms with Gasteiger partial charge in [0.15, 0.2) is 6.10 Å². The Morgan fingerprint density at radius 1 is 1.33 bits per heavy atom. The van der Waals surface area contributed by atoms with E-state index in [9.17, 15) is 9.90 Å². The van der Waals surface area contributed by atoms with E-state index in [-0.39, 0.29) is 5.75 Å². The lowest BCUT2D eigenvalue weighted by Crippen LogP contribution is -2.33. The molecule has 0 unspecified atom stereocenters. The van der Waals surface area contributed by atoms with Crippen LogP contribution in [0.4, 0.5) is 0 Å². The van der Waals surface area contributed by atoms with E-state index in [4.69, 9.17) is 9.47 Å². The normalized spacial score (nSPS) is 12.0. The third-order valence-corrected chi connectivity index (χ3v) is 3.78. The van der Waals surface area contributed by atoms with Crippen LogP contribution in [0.25, 0.3) is 0 Å². The Balaban J connectivity index is 1.96. The largest absolute Gasteiger partial charge is 0.507 e. The number of ether oxygens (including phenoxy) is 2. The van der Waals surface area contributed by atoms with E-state index in [1.165, 1.54) is 19.4 Å². The zero-order chi connectivity index (χ0) is 17.5. The fraction of sp³-hybridized carbons (Fsp3) is 0.176. The van der Waals surface area contributed by atoms with Crippen molar-refractivity contribution in [1.82, 2.24) is 5.43 Å². The van der Waals surface area contributed by atoms with Crippen LogP contribution < -0.4 is 14.9 Å². The van der Waals surface area contributed by atoms with Crippen LogP contribution in [-0.4, -0.2) is 30.4 Å². The van der Waals surface area contributed by atoms with Gasteiger partial charge in [-0.1, -0.05) is 12.1 Å². The van der Waals surface area contributed by atoms with Gasteiger partial charge < -0.3 is 14.6 Å². The Bertz CT molecular complexity index is 749. The van der Waals surface area contributed by atoms with Crippen molar-refractivity contribution < 1.29 is 19.4 Å². The van der Waals surface area contributed by atoms with Crippen LogP contribution in [0, 0.1) is 0 Å². The van der Waals surface area contributed by atoms with Crippen molar-refractivity contribution in [2.24, 2.45) is 5.10 Å². The van der Waals surface area contributed by atoms with Gasteiger partial charge in [-0.15, -0.1) is 0 Å². The van der Waals surface area contributed by atoms with E-state index in [1.54, 1.807) is 25.1 Å². The number of hydrogen-bond donors (Lipinski definition) is 2. The van der Waals surface area contributed by atoms with Crippen LogP contribution in [0.1, 0.15) is 12.5 Å². The molecule has 24 heavy (non-hydrogen) atoms. The topological polar surface area (TPSA) is 80.2 Å². The van der Waals surface area contributed by atoms with Crippen molar-refractivity contribution in [3.05, 3.63) is 52.5 Å². The minimum Gasteiger partial charge on any atom is -0.507 e. The number of amides is 1. The molecule has 2 N–H and O–H groups in total. The molecule has 0 aromatic heterocycles. The molecular weight excluding hydrogens is 376 g/mol. The summed E-state index contributed by atoms with van der Waals surface area (Å²) in [6.45, 7) is 1.62. The highest BCUT2D eigenvalue weighted by atomic mass is 79.9. The van der Waals surface area contributed by atoms with E-state index in [0.717, 1.165) is 4.47 Å².